The predicted octanol–water partition coefficient (Wildman–Crippen LogP) is 2.21. The molecule has 0 spiro atoms. The molecule has 17 heavy (non-hydrogen) atoms. The van der Waals surface area contributed by atoms with Crippen molar-refractivity contribution in [3.8, 4) is 5.75 Å². The van der Waals surface area contributed by atoms with Crippen molar-refractivity contribution in [2.24, 2.45) is 0 Å². The van der Waals surface area contributed by atoms with Crippen LogP contribution in [0.2, 0.25) is 0 Å². The summed E-state index contributed by atoms with van der Waals surface area (Å²) in [5, 5.41) is 0.188. The minimum Gasteiger partial charge on any atom is -0.497 e. The maximum Gasteiger partial charge on any atom is 0.120 e. The van der Waals surface area contributed by atoms with Gasteiger partial charge in [-0.2, -0.15) is 0 Å². The van der Waals surface area contributed by atoms with Crippen LogP contribution in [0.4, 0.5) is 0 Å². The lowest BCUT2D eigenvalue weighted by molar-refractivity contribution is 0.352. The van der Waals surface area contributed by atoms with Gasteiger partial charge in [-0.05, 0) is 31.0 Å². The maximum absolute atomic E-state index is 8.41. The Bertz CT molecular complexity index is 901. The molecule has 0 bridgehead atoms. The van der Waals surface area contributed by atoms with Gasteiger partial charge < -0.3 is 14.6 Å². The standard InChI is InChI=1S/C14H18N2O/c1-16-7-5-12-11-4-3-10(17-2)9-14(11)15-13(12)6-8-16/h3-4,9,15H,5-8H2,1-2H3/i1D3,3D,5D2,6D2,8D2. The number of hydrogen-bond donors (Lipinski definition) is 1. The van der Waals surface area contributed by atoms with Gasteiger partial charge in [0.1, 0.15) is 5.75 Å². The highest BCUT2D eigenvalue weighted by Crippen LogP contribution is 2.28. The van der Waals surface area contributed by atoms with Crippen molar-refractivity contribution >= 4 is 10.9 Å². The van der Waals surface area contributed by atoms with Crippen LogP contribution in [0.3, 0.4) is 0 Å². The van der Waals surface area contributed by atoms with Gasteiger partial charge in [0.2, 0.25) is 0 Å². The van der Waals surface area contributed by atoms with Crippen LogP contribution in [0.5, 0.6) is 5.75 Å². The zero-order valence-electron chi connectivity index (χ0n) is 19.2. The van der Waals surface area contributed by atoms with E-state index in [0.29, 0.717) is 0 Å². The Morgan fingerprint density at radius 2 is 2.53 bits per heavy atom. The van der Waals surface area contributed by atoms with Crippen LogP contribution in [0.25, 0.3) is 10.9 Å². The van der Waals surface area contributed by atoms with Gasteiger partial charge in [0.25, 0.3) is 0 Å². The minimum absolute atomic E-state index is 0.0527. The van der Waals surface area contributed by atoms with E-state index < -0.39 is 32.8 Å². The summed E-state index contributed by atoms with van der Waals surface area (Å²) in [6.45, 7) is -6.95. The summed E-state index contributed by atoms with van der Waals surface area (Å²) in [7, 11) is 1.36. The minimum atomic E-state index is -3.05. The summed E-state index contributed by atoms with van der Waals surface area (Å²) >= 11 is 0. The third kappa shape index (κ3) is 1.80. The molecule has 3 nitrogen and oxygen atoms in total. The van der Waals surface area contributed by atoms with Crippen LogP contribution in [0, 0.1) is 0 Å². The van der Waals surface area contributed by atoms with Crippen molar-refractivity contribution < 1.29 is 18.4 Å². The van der Waals surface area contributed by atoms with Crippen molar-refractivity contribution in [2.45, 2.75) is 12.7 Å². The van der Waals surface area contributed by atoms with E-state index in [1.807, 2.05) is 0 Å². The third-order valence-electron chi connectivity index (χ3n) is 2.65. The number of fused-ring (bicyclic) bond motifs is 3. The highest BCUT2D eigenvalue weighted by molar-refractivity contribution is 5.86. The molecule has 0 unspecified atom stereocenters. The molecule has 1 aliphatic heterocycles. The SMILES string of the molecule is [2H]c1cc2c3c([nH]c2cc1OC)C([2H])([2H])C([2H])([2H])N(C([2H])([2H])[2H])CC3([2H])[2H]. The molecule has 0 amide bonds. The number of aryl methyl sites for hydroxylation is 1. The topological polar surface area (TPSA) is 28.3 Å². The first-order valence-electron chi connectivity index (χ1n) is 10.1. The third-order valence-corrected chi connectivity index (χ3v) is 2.65. The van der Waals surface area contributed by atoms with Crippen molar-refractivity contribution in [3.05, 3.63) is 29.4 Å². The molecule has 0 aliphatic carbocycles. The second-order valence-corrected chi connectivity index (χ2v) is 3.70. The lowest BCUT2D eigenvalue weighted by Crippen LogP contribution is -2.21. The quantitative estimate of drug-likeness (QED) is 0.828. The number of hydrogen-bond acceptors (Lipinski definition) is 2. The average Bonchev–Trinajstić information content (AvgIpc) is 2.88. The number of nitrogens with zero attached hydrogens (tertiary/aromatic N) is 1. The fourth-order valence-corrected chi connectivity index (χ4v) is 1.83. The summed E-state index contributed by atoms with van der Waals surface area (Å²) < 4.78 is 85.7. The maximum atomic E-state index is 8.41. The molecule has 1 aliphatic rings. The Balaban J connectivity index is 2.39. The van der Waals surface area contributed by atoms with E-state index in [2.05, 4.69) is 4.98 Å². The molecule has 2 aromatic rings. The number of ether oxygens (including phenoxy) is 1. The van der Waals surface area contributed by atoms with Crippen molar-refractivity contribution in [1.82, 2.24) is 9.88 Å². The Morgan fingerprint density at radius 3 is 3.35 bits per heavy atom. The summed E-state index contributed by atoms with van der Waals surface area (Å²) in [6.07, 6.45) is -5.25. The Morgan fingerprint density at radius 1 is 1.59 bits per heavy atom. The number of H-pyrrole nitrogens is 1. The molecule has 0 saturated heterocycles. The first-order chi connectivity index (χ1) is 12.1. The van der Waals surface area contributed by atoms with Crippen LogP contribution >= 0.6 is 0 Å². The van der Waals surface area contributed by atoms with E-state index >= 15 is 0 Å². The van der Waals surface area contributed by atoms with Crippen LogP contribution in [-0.4, -0.2) is 37.0 Å². The number of aromatic nitrogens is 1. The molecular weight excluding hydrogens is 212 g/mol. The van der Waals surface area contributed by atoms with E-state index in [4.69, 9.17) is 18.4 Å². The molecule has 1 N–H and O–H groups in total. The van der Waals surface area contributed by atoms with Crippen LogP contribution in [-0.2, 0) is 12.7 Å². The van der Waals surface area contributed by atoms with Crippen LogP contribution in [0.1, 0.15) is 25.0 Å². The summed E-state index contributed by atoms with van der Waals surface area (Å²) in [5.41, 5.74) is -0.292. The molecule has 0 fully saturated rings. The van der Waals surface area contributed by atoms with Crippen LogP contribution in [0.15, 0.2) is 18.2 Å². The zero-order valence-corrected chi connectivity index (χ0v) is 9.22. The van der Waals surface area contributed by atoms with Crippen molar-refractivity contribution in [2.75, 3.05) is 27.1 Å². The van der Waals surface area contributed by atoms with E-state index in [1.54, 1.807) is 0 Å². The predicted molar refractivity (Wildman–Crippen MR) is 69.8 cm³/mol. The molecule has 0 atom stereocenters. The number of rotatable bonds is 1. The Kier molecular flexibility index (Phi) is 1.04. The molecule has 90 valence electrons. The fourth-order valence-electron chi connectivity index (χ4n) is 1.83. The van der Waals surface area contributed by atoms with Gasteiger partial charge in [0.15, 0.2) is 0 Å². The number of aromatic amines is 1. The Labute approximate surface area is 115 Å². The number of methoxy groups -OCH3 is 1. The first kappa shape index (κ1) is 4.32. The molecule has 0 saturated carbocycles. The van der Waals surface area contributed by atoms with E-state index in [-0.39, 0.29) is 38.9 Å². The molecule has 1 aromatic heterocycles. The number of nitrogens with one attached hydrogen (secondary N) is 1. The molecule has 2 heterocycles. The molecule has 0 radical (unpaired) electrons. The summed E-state index contributed by atoms with van der Waals surface area (Å²) in [6, 6.07) is 2.66. The first-order valence-corrected chi connectivity index (χ1v) is 5.13. The highest BCUT2D eigenvalue weighted by atomic mass is 16.5. The van der Waals surface area contributed by atoms with E-state index in [1.165, 1.54) is 19.2 Å². The van der Waals surface area contributed by atoms with Gasteiger partial charge in [0.05, 0.1) is 8.48 Å². The highest BCUT2D eigenvalue weighted by Gasteiger charge is 2.16. The largest absolute Gasteiger partial charge is 0.497 e. The second-order valence-electron chi connectivity index (χ2n) is 3.70. The molecule has 1 aromatic carbocycles. The molecule has 3 rings (SSSR count). The van der Waals surface area contributed by atoms with Gasteiger partial charge in [-0.25, -0.2) is 0 Å². The molecule has 3 heteroatoms. The summed E-state index contributed by atoms with van der Waals surface area (Å²) in [5.74, 6) is 0.187. The van der Waals surface area contributed by atoms with E-state index in [9.17, 15) is 0 Å². The van der Waals surface area contributed by atoms with Crippen molar-refractivity contribution in [1.29, 1.82) is 0 Å². The monoisotopic (exact) mass is 240 g/mol. The van der Waals surface area contributed by atoms with Crippen LogP contribution < -0.4 is 4.74 Å². The van der Waals surface area contributed by atoms with Gasteiger partial charge in [0, 0.05) is 54.4 Å². The second kappa shape index (κ2) is 4.08. The zero-order chi connectivity index (χ0) is 20.6. The van der Waals surface area contributed by atoms with Gasteiger partial charge in [-0.3, -0.25) is 0 Å². The number of benzene rings is 1. The lowest BCUT2D eigenvalue weighted by Gasteiger charge is -2.11. The number of likely N-dealkylation sites (N-methyl/N-ethyl adjacent to an activating group) is 1. The Hall–Kier alpha value is -1.48. The lowest BCUT2D eigenvalue weighted by atomic mass is 10.1. The normalized spacial score (nSPS) is 35.1. The van der Waals surface area contributed by atoms with Crippen molar-refractivity contribution in [3.63, 3.8) is 0 Å². The fraction of sp³-hybridized carbons (Fsp3) is 0.429. The van der Waals surface area contributed by atoms with Gasteiger partial charge in [-0.15, -0.1) is 0 Å². The molecular formula is C14H18N2O. The average molecular weight is 240 g/mol. The van der Waals surface area contributed by atoms with Gasteiger partial charge >= 0.3 is 0 Å². The smallest absolute Gasteiger partial charge is 0.120 e. The summed E-state index contributed by atoms with van der Waals surface area (Å²) in [4.78, 5) is 2.94. The van der Waals surface area contributed by atoms with E-state index in [0.717, 1.165) is 0 Å². The van der Waals surface area contributed by atoms with Gasteiger partial charge in [-0.1, -0.05) is 0 Å².